The molecule has 0 aromatic carbocycles. The molecule has 21 heavy (non-hydrogen) atoms. The van der Waals surface area contributed by atoms with Gasteiger partial charge >= 0.3 is 18.5 Å². The van der Waals surface area contributed by atoms with Gasteiger partial charge in [0, 0.05) is 0 Å². The lowest BCUT2D eigenvalue weighted by Gasteiger charge is -2.29. The van der Waals surface area contributed by atoms with E-state index >= 15 is 0 Å². The zero-order valence-corrected chi connectivity index (χ0v) is 10.2. The van der Waals surface area contributed by atoms with Gasteiger partial charge in [-0.25, -0.2) is 14.4 Å². The summed E-state index contributed by atoms with van der Waals surface area (Å²) >= 11 is 0. The Hall–Kier alpha value is -2.60. The first-order chi connectivity index (χ1) is 9.72. The van der Waals surface area contributed by atoms with Crippen LogP contribution in [0, 0.1) is 0 Å². The highest BCUT2D eigenvalue weighted by Crippen LogP contribution is 2.16. The number of rotatable bonds is 8. The predicted molar refractivity (Wildman–Crippen MR) is 57.9 cm³/mol. The van der Waals surface area contributed by atoms with Gasteiger partial charge in [0.1, 0.15) is 6.10 Å². The number of ether oxygens (including phenoxy) is 3. The van der Waals surface area contributed by atoms with Crippen LogP contribution < -0.4 is 0 Å². The first-order valence-electron chi connectivity index (χ1n) is 5.15. The number of aldehydes is 1. The van der Waals surface area contributed by atoms with Gasteiger partial charge in [-0.15, -0.1) is 0 Å². The lowest BCUT2D eigenvalue weighted by molar-refractivity contribution is -0.147. The van der Waals surface area contributed by atoms with E-state index in [9.17, 15) is 24.3 Å². The Bertz CT molecular complexity index is 392. The molecule has 0 saturated carbocycles. The second-order valence-corrected chi connectivity index (χ2v) is 3.43. The Balaban J connectivity index is 5.45. The number of hydrogen-bond acceptors (Lipinski definition) is 9. The van der Waals surface area contributed by atoms with Crippen LogP contribution in [-0.2, 0) is 19.0 Å². The van der Waals surface area contributed by atoms with Gasteiger partial charge in [0.2, 0.25) is 6.10 Å². The Labute approximate surface area is 116 Å². The monoisotopic (exact) mass is 312 g/mol. The highest BCUT2D eigenvalue weighted by Gasteiger charge is 2.42. The van der Waals surface area contributed by atoms with Crippen molar-refractivity contribution in [3.63, 3.8) is 0 Å². The molecule has 4 atom stereocenters. The van der Waals surface area contributed by atoms with E-state index in [-0.39, 0.29) is 6.29 Å². The molecule has 0 amide bonds. The van der Waals surface area contributed by atoms with Gasteiger partial charge in [0.05, 0.1) is 6.61 Å². The zero-order valence-electron chi connectivity index (χ0n) is 10.2. The zero-order chi connectivity index (χ0) is 16.6. The normalized spacial score (nSPS) is 15.9. The number of hydrogen-bond donors (Lipinski definition) is 5. The lowest BCUT2D eigenvalue weighted by atomic mass is 10.0. The molecule has 0 bridgehead atoms. The molecule has 0 unspecified atom stereocenters. The molecule has 5 N–H and O–H groups in total. The molecule has 0 aliphatic rings. The maximum atomic E-state index is 10.8. The first kappa shape index (κ1) is 18.4. The summed E-state index contributed by atoms with van der Waals surface area (Å²) in [4.78, 5) is 42.2. The van der Waals surface area contributed by atoms with Crippen LogP contribution in [0.4, 0.5) is 14.4 Å². The molecule has 0 heterocycles. The number of carbonyl (C=O) groups is 4. The number of carboxylic acid groups (broad SMARTS) is 3. The van der Waals surface area contributed by atoms with Gasteiger partial charge in [-0.3, -0.25) is 4.79 Å². The Morgan fingerprint density at radius 1 is 0.905 bits per heavy atom. The molecule has 0 rings (SSSR count). The second-order valence-electron chi connectivity index (χ2n) is 3.43. The highest BCUT2D eigenvalue weighted by atomic mass is 16.7. The maximum Gasteiger partial charge on any atom is 0.506 e. The van der Waals surface area contributed by atoms with Crippen LogP contribution in [0.15, 0.2) is 0 Å². The van der Waals surface area contributed by atoms with E-state index in [0.29, 0.717) is 0 Å². The fourth-order valence-corrected chi connectivity index (χ4v) is 1.31. The smallest absolute Gasteiger partial charge is 0.450 e. The maximum absolute atomic E-state index is 10.8. The minimum Gasteiger partial charge on any atom is -0.450 e. The van der Waals surface area contributed by atoms with E-state index in [4.69, 9.17) is 20.4 Å². The average Bonchev–Trinajstić information content (AvgIpc) is 2.38. The molecular weight excluding hydrogens is 300 g/mol. The van der Waals surface area contributed by atoms with Crippen molar-refractivity contribution in [1.82, 2.24) is 0 Å². The third-order valence-electron chi connectivity index (χ3n) is 2.06. The molecule has 0 spiro atoms. The van der Waals surface area contributed by atoms with Crippen molar-refractivity contribution in [2.75, 3.05) is 6.61 Å². The summed E-state index contributed by atoms with van der Waals surface area (Å²) in [5, 5.41) is 43.6. The minimum absolute atomic E-state index is 0.190. The van der Waals surface area contributed by atoms with Gasteiger partial charge in [0.15, 0.2) is 18.5 Å². The van der Waals surface area contributed by atoms with Crippen LogP contribution in [-0.4, -0.2) is 81.3 Å². The molecule has 0 radical (unpaired) electrons. The van der Waals surface area contributed by atoms with E-state index in [1.807, 2.05) is 0 Å². The van der Waals surface area contributed by atoms with Crippen molar-refractivity contribution in [1.29, 1.82) is 0 Å². The molecule has 0 aromatic heterocycles. The SMILES string of the molecule is O=C[C@H](OC(=O)O)[C@@H](OC(=O)O)[C@H](OC(=O)O)[C@H](O)CO. The third kappa shape index (κ3) is 6.40. The van der Waals surface area contributed by atoms with Crippen LogP contribution in [0.3, 0.4) is 0 Å². The molecule has 12 nitrogen and oxygen atoms in total. The summed E-state index contributed by atoms with van der Waals surface area (Å²) in [5.41, 5.74) is 0. The summed E-state index contributed by atoms with van der Waals surface area (Å²) in [6.45, 7) is -1.09. The van der Waals surface area contributed by atoms with Crippen LogP contribution in [0.25, 0.3) is 0 Å². The van der Waals surface area contributed by atoms with Crippen LogP contribution >= 0.6 is 0 Å². The molecule has 0 aromatic rings. The van der Waals surface area contributed by atoms with E-state index in [2.05, 4.69) is 14.2 Å². The fraction of sp³-hybridized carbons (Fsp3) is 0.556. The molecule has 0 aliphatic heterocycles. The van der Waals surface area contributed by atoms with E-state index in [1.165, 1.54) is 0 Å². The standard InChI is InChI=1S/C9H12O12/c10-1-3(12)5(20-8(15)16)6(21-9(17)18)4(2-11)19-7(13)14/h2-6,10,12H,1H2,(H,13,14)(H,15,16)(H,17,18)/t3-,4+,5-,6-/m1/s1. The van der Waals surface area contributed by atoms with Gasteiger partial charge in [-0.05, 0) is 0 Å². The summed E-state index contributed by atoms with van der Waals surface area (Å²) in [5.74, 6) is 0. The van der Waals surface area contributed by atoms with Gasteiger partial charge in [-0.1, -0.05) is 0 Å². The van der Waals surface area contributed by atoms with E-state index in [1.54, 1.807) is 0 Å². The molecule has 0 fully saturated rings. The highest BCUT2D eigenvalue weighted by molar-refractivity contribution is 5.66. The largest absolute Gasteiger partial charge is 0.506 e. The Kier molecular flexibility index (Phi) is 7.49. The quantitative estimate of drug-likeness (QED) is 0.202. The molecule has 12 heteroatoms. The second kappa shape index (κ2) is 8.55. The summed E-state index contributed by atoms with van der Waals surface area (Å²) in [7, 11) is 0. The summed E-state index contributed by atoms with van der Waals surface area (Å²) in [6, 6.07) is 0. The number of aliphatic hydroxyl groups excluding tert-OH is 2. The summed E-state index contributed by atoms with van der Waals surface area (Å²) in [6.07, 6.45) is -14.6. The fourth-order valence-electron chi connectivity index (χ4n) is 1.31. The predicted octanol–water partition coefficient (Wildman–Crippen LogP) is -1.27. The lowest BCUT2D eigenvalue weighted by Crippen LogP contribution is -2.52. The van der Waals surface area contributed by atoms with E-state index < -0.39 is 49.5 Å². The molecule has 0 saturated heterocycles. The average molecular weight is 312 g/mol. The Morgan fingerprint density at radius 2 is 1.33 bits per heavy atom. The summed E-state index contributed by atoms with van der Waals surface area (Å²) < 4.78 is 12.3. The van der Waals surface area contributed by atoms with Crippen molar-refractivity contribution >= 4 is 24.8 Å². The van der Waals surface area contributed by atoms with Crippen LogP contribution in [0.5, 0.6) is 0 Å². The van der Waals surface area contributed by atoms with Gasteiger partial charge < -0.3 is 39.7 Å². The van der Waals surface area contributed by atoms with Crippen LogP contribution in [0.1, 0.15) is 0 Å². The van der Waals surface area contributed by atoms with Gasteiger partial charge in [0.25, 0.3) is 0 Å². The molecular formula is C9H12O12. The Morgan fingerprint density at radius 3 is 1.67 bits per heavy atom. The van der Waals surface area contributed by atoms with Crippen molar-refractivity contribution in [2.24, 2.45) is 0 Å². The topological polar surface area (TPSA) is 197 Å². The molecule has 120 valence electrons. The van der Waals surface area contributed by atoms with Crippen LogP contribution in [0.2, 0.25) is 0 Å². The van der Waals surface area contributed by atoms with Crippen molar-refractivity contribution < 1.29 is 58.9 Å². The first-order valence-corrected chi connectivity index (χ1v) is 5.15. The van der Waals surface area contributed by atoms with Gasteiger partial charge in [-0.2, -0.15) is 0 Å². The van der Waals surface area contributed by atoms with Crippen molar-refractivity contribution in [3.05, 3.63) is 0 Å². The number of aliphatic hydroxyl groups is 2. The number of carbonyl (C=O) groups excluding carboxylic acids is 1. The van der Waals surface area contributed by atoms with Crippen molar-refractivity contribution in [3.8, 4) is 0 Å². The third-order valence-corrected chi connectivity index (χ3v) is 2.06. The van der Waals surface area contributed by atoms with Crippen molar-refractivity contribution in [2.45, 2.75) is 24.4 Å². The molecule has 0 aliphatic carbocycles. The van der Waals surface area contributed by atoms with E-state index in [0.717, 1.165) is 0 Å². The minimum atomic E-state index is -2.16.